The predicted octanol–water partition coefficient (Wildman–Crippen LogP) is 4.17. The number of nitrogens with one attached hydrogen (secondary N) is 1. The molecule has 1 amide bonds. The van der Waals surface area contributed by atoms with Gasteiger partial charge in [-0.25, -0.2) is 0 Å². The largest absolute Gasteiger partial charge is 0.322 e. The van der Waals surface area contributed by atoms with Gasteiger partial charge in [-0.3, -0.25) is 19.0 Å². The summed E-state index contributed by atoms with van der Waals surface area (Å²) in [5, 5.41) is 2.86. The van der Waals surface area contributed by atoms with Crippen LogP contribution in [0.25, 0.3) is 5.69 Å². The molecule has 2 aromatic carbocycles. The zero-order valence-electron chi connectivity index (χ0n) is 16.3. The fourth-order valence-electron chi connectivity index (χ4n) is 3.84. The SMILES string of the molecule is CCc1ccccc1NC(=O)c1cc2c(n(-c3ccccc3)c1=O)CCCC2=O. The highest BCUT2D eigenvalue weighted by Gasteiger charge is 2.26. The molecule has 0 atom stereocenters. The van der Waals surface area contributed by atoms with Crippen LogP contribution in [0.15, 0.2) is 65.5 Å². The topological polar surface area (TPSA) is 68.2 Å². The Hall–Kier alpha value is -3.47. The van der Waals surface area contributed by atoms with Gasteiger partial charge >= 0.3 is 0 Å². The van der Waals surface area contributed by atoms with Gasteiger partial charge in [0.1, 0.15) is 5.56 Å². The van der Waals surface area contributed by atoms with Crippen LogP contribution >= 0.6 is 0 Å². The zero-order chi connectivity index (χ0) is 20.4. The van der Waals surface area contributed by atoms with Crippen molar-refractivity contribution in [3.63, 3.8) is 0 Å². The summed E-state index contributed by atoms with van der Waals surface area (Å²) in [6.45, 7) is 2.00. The number of ketones is 1. The minimum Gasteiger partial charge on any atom is -0.322 e. The lowest BCUT2D eigenvalue weighted by Gasteiger charge is -2.21. The van der Waals surface area contributed by atoms with Crippen molar-refractivity contribution in [2.75, 3.05) is 5.32 Å². The summed E-state index contributed by atoms with van der Waals surface area (Å²) in [6, 6.07) is 18.1. The molecule has 1 aliphatic rings. The highest BCUT2D eigenvalue weighted by molar-refractivity contribution is 6.07. The number of carbonyl (C=O) groups is 2. The molecule has 0 spiro atoms. The van der Waals surface area contributed by atoms with E-state index in [0.717, 1.165) is 12.0 Å². The van der Waals surface area contributed by atoms with E-state index < -0.39 is 11.5 Å². The first-order chi connectivity index (χ1) is 14.1. The summed E-state index contributed by atoms with van der Waals surface area (Å²) >= 11 is 0. The average molecular weight is 386 g/mol. The Morgan fingerprint density at radius 2 is 1.72 bits per heavy atom. The van der Waals surface area contributed by atoms with Gasteiger partial charge < -0.3 is 5.32 Å². The molecule has 0 saturated heterocycles. The van der Waals surface area contributed by atoms with Crippen LogP contribution < -0.4 is 10.9 Å². The normalized spacial score (nSPS) is 13.1. The van der Waals surface area contributed by atoms with Gasteiger partial charge in [-0.1, -0.05) is 43.3 Å². The van der Waals surface area contributed by atoms with E-state index in [2.05, 4.69) is 5.32 Å². The minimum atomic E-state index is -0.498. The van der Waals surface area contributed by atoms with Gasteiger partial charge in [-0.05, 0) is 49.1 Å². The van der Waals surface area contributed by atoms with Crippen LogP contribution in [0, 0.1) is 0 Å². The number of carbonyl (C=O) groups excluding carboxylic acids is 2. The molecule has 0 fully saturated rings. The van der Waals surface area contributed by atoms with Crippen molar-refractivity contribution in [2.45, 2.75) is 32.6 Å². The smallest absolute Gasteiger partial charge is 0.268 e. The highest BCUT2D eigenvalue weighted by atomic mass is 16.2. The number of hydrogen-bond acceptors (Lipinski definition) is 3. The summed E-state index contributed by atoms with van der Waals surface area (Å²) in [5.41, 5.74) is 3.04. The number of anilines is 1. The Bertz CT molecular complexity index is 1150. The lowest BCUT2D eigenvalue weighted by atomic mass is 9.92. The lowest BCUT2D eigenvalue weighted by Crippen LogP contribution is -2.33. The molecule has 0 bridgehead atoms. The maximum absolute atomic E-state index is 13.3. The number of benzene rings is 2. The lowest BCUT2D eigenvalue weighted by molar-refractivity contribution is 0.0971. The molecule has 4 rings (SSSR count). The van der Waals surface area contributed by atoms with E-state index in [1.54, 1.807) is 0 Å². The van der Waals surface area contributed by atoms with Crippen molar-refractivity contribution in [1.82, 2.24) is 4.57 Å². The Kier molecular flexibility index (Phi) is 5.12. The zero-order valence-corrected chi connectivity index (χ0v) is 16.3. The first-order valence-corrected chi connectivity index (χ1v) is 9.87. The summed E-state index contributed by atoms with van der Waals surface area (Å²) in [7, 11) is 0. The molecule has 0 aliphatic heterocycles. The third-order valence-electron chi connectivity index (χ3n) is 5.33. The van der Waals surface area contributed by atoms with E-state index in [0.29, 0.717) is 41.9 Å². The fraction of sp³-hybridized carbons (Fsp3) is 0.208. The van der Waals surface area contributed by atoms with Crippen molar-refractivity contribution in [2.24, 2.45) is 0 Å². The number of aryl methyl sites for hydroxylation is 1. The van der Waals surface area contributed by atoms with Crippen molar-refractivity contribution in [1.29, 1.82) is 0 Å². The van der Waals surface area contributed by atoms with Crippen LogP contribution in [0.1, 0.15) is 51.7 Å². The third kappa shape index (κ3) is 3.51. The first-order valence-electron chi connectivity index (χ1n) is 9.87. The molecule has 1 aliphatic carbocycles. The fourth-order valence-corrected chi connectivity index (χ4v) is 3.84. The Labute approximate surface area is 169 Å². The maximum atomic E-state index is 13.3. The van der Waals surface area contributed by atoms with Crippen LogP contribution in [0.4, 0.5) is 5.69 Å². The van der Waals surface area contributed by atoms with Crippen LogP contribution in [0.3, 0.4) is 0 Å². The van der Waals surface area contributed by atoms with E-state index in [-0.39, 0.29) is 11.3 Å². The van der Waals surface area contributed by atoms with E-state index in [1.807, 2.05) is 61.5 Å². The molecule has 5 heteroatoms. The standard InChI is InChI=1S/C24H22N2O3/c1-2-16-9-6-7-12-20(16)25-23(28)19-15-18-21(13-8-14-22(18)27)26(24(19)29)17-10-4-3-5-11-17/h3-7,9-12,15H,2,8,13-14H2,1H3,(H,25,28). The number of aromatic nitrogens is 1. The summed E-state index contributed by atoms with van der Waals surface area (Å²) in [5.74, 6) is -0.527. The molecule has 0 unspecified atom stereocenters. The van der Waals surface area contributed by atoms with Gasteiger partial charge in [0, 0.05) is 29.1 Å². The number of fused-ring (bicyclic) bond motifs is 1. The van der Waals surface area contributed by atoms with Crippen LogP contribution in [0.5, 0.6) is 0 Å². The number of nitrogens with zero attached hydrogens (tertiary/aromatic N) is 1. The molecule has 3 aromatic rings. The number of amides is 1. The molecule has 146 valence electrons. The minimum absolute atomic E-state index is 0.0197. The Balaban J connectivity index is 1.86. The van der Waals surface area contributed by atoms with Crippen LogP contribution in [0.2, 0.25) is 0 Å². The van der Waals surface area contributed by atoms with Crippen molar-refractivity contribution < 1.29 is 9.59 Å². The summed E-state index contributed by atoms with van der Waals surface area (Å²) in [6.07, 6.45) is 2.52. The molecule has 0 radical (unpaired) electrons. The van der Waals surface area contributed by atoms with Crippen molar-refractivity contribution in [3.05, 3.63) is 93.4 Å². The van der Waals surface area contributed by atoms with Gasteiger partial charge in [0.25, 0.3) is 11.5 Å². The van der Waals surface area contributed by atoms with Crippen molar-refractivity contribution >= 4 is 17.4 Å². The highest BCUT2D eigenvalue weighted by Crippen LogP contribution is 2.24. The van der Waals surface area contributed by atoms with Gasteiger partial charge in [0.05, 0.1) is 0 Å². The van der Waals surface area contributed by atoms with Gasteiger partial charge in [0.2, 0.25) is 0 Å². The second-order valence-corrected chi connectivity index (χ2v) is 7.14. The first kappa shape index (κ1) is 18.9. The molecule has 1 N–H and O–H groups in total. The summed E-state index contributed by atoms with van der Waals surface area (Å²) in [4.78, 5) is 38.9. The van der Waals surface area contributed by atoms with Crippen LogP contribution in [-0.2, 0) is 12.8 Å². The number of para-hydroxylation sites is 2. The van der Waals surface area contributed by atoms with Gasteiger partial charge in [-0.2, -0.15) is 0 Å². The molecule has 0 saturated carbocycles. The molecule has 29 heavy (non-hydrogen) atoms. The molecular weight excluding hydrogens is 364 g/mol. The molecule has 1 heterocycles. The summed E-state index contributed by atoms with van der Waals surface area (Å²) < 4.78 is 1.52. The average Bonchev–Trinajstić information content (AvgIpc) is 2.74. The van der Waals surface area contributed by atoms with Crippen LogP contribution in [-0.4, -0.2) is 16.3 Å². The predicted molar refractivity (Wildman–Crippen MR) is 113 cm³/mol. The Morgan fingerprint density at radius 3 is 2.48 bits per heavy atom. The molecule has 1 aromatic heterocycles. The number of pyridine rings is 1. The van der Waals surface area contributed by atoms with Gasteiger partial charge in [-0.15, -0.1) is 0 Å². The maximum Gasteiger partial charge on any atom is 0.268 e. The van der Waals surface area contributed by atoms with Gasteiger partial charge in [0.15, 0.2) is 5.78 Å². The van der Waals surface area contributed by atoms with E-state index in [4.69, 9.17) is 0 Å². The second kappa shape index (κ2) is 7.87. The number of hydrogen-bond donors (Lipinski definition) is 1. The van der Waals surface area contributed by atoms with E-state index >= 15 is 0 Å². The molecule has 5 nitrogen and oxygen atoms in total. The third-order valence-corrected chi connectivity index (χ3v) is 5.33. The number of rotatable bonds is 4. The van der Waals surface area contributed by atoms with Crippen molar-refractivity contribution in [3.8, 4) is 5.69 Å². The second-order valence-electron chi connectivity index (χ2n) is 7.14. The monoisotopic (exact) mass is 386 g/mol. The van der Waals surface area contributed by atoms with E-state index in [1.165, 1.54) is 10.6 Å². The van der Waals surface area contributed by atoms with E-state index in [9.17, 15) is 14.4 Å². The Morgan fingerprint density at radius 1 is 1.00 bits per heavy atom. The molecular formula is C24H22N2O3. The number of Topliss-reactive ketones (excluding diaryl/α,β-unsaturated/α-hetero) is 1. The quantitative estimate of drug-likeness (QED) is 0.732.